The maximum atomic E-state index is 12.6. The van der Waals surface area contributed by atoms with Gasteiger partial charge in [0.2, 0.25) is 0 Å². The molecule has 1 aliphatic carbocycles. The van der Waals surface area contributed by atoms with Gasteiger partial charge in [0.25, 0.3) is 5.91 Å². The van der Waals surface area contributed by atoms with Crippen LogP contribution in [0.3, 0.4) is 0 Å². The van der Waals surface area contributed by atoms with E-state index in [1.54, 1.807) is 18.1 Å². The quantitative estimate of drug-likeness (QED) is 0.620. The molecule has 1 aromatic rings. The summed E-state index contributed by atoms with van der Waals surface area (Å²) in [5, 5.41) is 0. The van der Waals surface area contributed by atoms with E-state index in [2.05, 4.69) is 6.58 Å². The molecule has 1 aliphatic heterocycles. The molecule has 0 unspecified atom stereocenters. The number of benzene rings is 1. The van der Waals surface area contributed by atoms with E-state index < -0.39 is 0 Å². The Balaban J connectivity index is 1.90. The molecule has 3 rings (SSSR count). The number of allylic oxidation sites excluding steroid dienone is 1. The molecule has 1 saturated carbocycles. The molecule has 0 spiro atoms. The van der Waals surface area contributed by atoms with Crippen LogP contribution in [0, 0.1) is 0 Å². The summed E-state index contributed by atoms with van der Waals surface area (Å²) in [7, 11) is 1.60. The molecular weight excluding hydrogens is 266 g/mol. The number of hydrogen-bond donors (Lipinski definition) is 0. The largest absolute Gasteiger partial charge is 0.496 e. The topological polar surface area (TPSA) is 46.6 Å². The van der Waals surface area contributed by atoms with Crippen molar-refractivity contribution in [1.29, 1.82) is 0 Å². The fraction of sp³-hybridized carbons (Fsp3) is 0.412. The van der Waals surface area contributed by atoms with Gasteiger partial charge in [0.05, 0.1) is 19.7 Å². The Morgan fingerprint density at radius 3 is 2.90 bits per heavy atom. The molecule has 0 aromatic heterocycles. The van der Waals surface area contributed by atoms with Gasteiger partial charge in [-0.05, 0) is 31.4 Å². The Morgan fingerprint density at radius 2 is 2.14 bits per heavy atom. The SMILES string of the molecule is C=C1CCC[C@H](N2Cc3c(OC)cccc3C2=O)C(=O)C1. The van der Waals surface area contributed by atoms with E-state index in [1.807, 2.05) is 12.1 Å². The summed E-state index contributed by atoms with van der Waals surface area (Å²) in [5.74, 6) is 0.765. The van der Waals surface area contributed by atoms with Crippen LogP contribution in [0.2, 0.25) is 0 Å². The molecule has 21 heavy (non-hydrogen) atoms. The van der Waals surface area contributed by atoms with Gasteiger partial charge in [-0.15, -0.1) is 0 Å². The number of carbonyl (C=O) groups is 2. The van der Waals surface area contributed by atoms with E-state index >= 15 is 0 Å². The molecular formula is C17H19NO3. The summed E-state index contributed by atoms with van der Waals surface area (Å²) < 4.78 is 5.33. The van der Waals surface area contributed by atoms with Crippen molar-refractivity contribution in [3.63, 3.8) is 0 Å². The number of rotatable bonds is 2. The zero-order valence-electron chi connectivity index (χ0n) is 12.2. The van der Waals surface area contributed by atoms with Gasteiger partial charge in [0.1, 0.15) is 5.75 Å². The molecule has 4 heteroatoms. The van der Waals surface area contributed by atoms with Crippen LogP contribution in [-0.4, -0.2) is 29.7 Å². The minimum absolute atomic E-state index is 0.0604. The van der Waals surface area contributed by atoms with Gasteiger partial charge in [-0.2, -0.15) is 0 Å². The molecule has 110 valence electrons. The van der Waals surface area contributed by atoms with E-state index in [-0.39, 0.29) is 17.7 Å². The Bertz CT molecular complexity index is 620. The van der Waals surface area contributed by atoms with E-state index in [4.69, 9.17) is 4.74 Å². The van der Waals surface area contributed by atoms with Gasteiger partial charge < -0.3 is 9.64 Å². The van der Waals surface area contributed by atoms with Crippen molar-refractivity contribution in [1.82, 2.24) is 4.90 Å². The predicted molar refractivity (Wildman–Crippen MR) is 79.3 cm³/mol. The molecule has 0 saturated heterocycles. The van der Waals surface area contributed by atoms with Crippen LogP contribution in [0.5, 0.6) is 5.75 Å². The van der Waals surface area contributed by atoms with Crippen LogP contribution in [0.4, 0.5) is 0 Å². The second-order valence-corrected chi connectivity index (χ2v) is 5.72. The maximum Gasteiger partial charge on any atom is 0.255 e. The minimum Gasteiger partial charge on any atom is -0.496 e. The standard InChI is InChI=1S/C17H19NO3/c1-11-5-3-7-14(15(19)9-11)18-10-13-12(17(18)20)6-4-8-16(13)21-2/h4,6,8,14H,1,3,5,7,9-10H2,2H3/t14-/m0/s1. The first-order valence-electron chi connectivity index (χ1n) is 7.28. The molecule has 0 bridgehead atoms. The smallest absolute Gasteiger partial charge is 0.255 e. The van der Waals surface area contributed by atoms with Gasteiger partial charge in [-0.1, -0.05) is 18.2 Å². The third-order valence-corrected chi connectivity index (χ3v) is 4.35. The summed E-state index contributed by atoms with van der Waals surface area (Å²) >= 11 is 0. The van der Waals surface area contributed by atoms with Gasteiger partial charge in [0, 0.05) is 17.5 Å². The Hall–Kier alpha value is -2.10. The predicted octanol–water partition coefficient (Wildman–Crippen LogP) is 2.72. The number of ketones is 1. The lowest BCUT2D eigenvalue weighted by Gasteiger charge is -2.25. The van der Waals surface area contributed by atoms with E-state index in [0.29, 0.717) is 24.3 Å². The zero-order valence-corrected chi connectivity index (χ0v) is 12.2. The number of methoxy groups -OCH3 is 1. The average Bonchev–Trinajstić information content (AvgIpc) is 2.70. The van der Waals surface area contributed by atoms with Gasteiger partial charge in [0.15, 0.2) is 5.78 Å². The summed E-state index contributed by atoms with van der Waals surface area (Å²) in [5.41, 5.74) is 2.52. The van der Waals surface area contributed by atoms with Crippen LogP contribution in [0.15, 0.2) is 30.4 Å². The lowest BCUT2D eigenvalue weighted by atomic mass is 10.1. The number of fused-ring (bicyclic) bond motifs is 1. The van der Waals surface area contributed by atoms with Crippen molar-refractivity contribution >= 4 is 11.7 Å². The van der Waals surface area contributed by atoms with Crippen molar-refractivity contribution in [2.45, 2.75) is 38.3 Å². The zero-order chi connectivity index (χ0) is 15.0. The first kappa shape index (κ1) is 13.9. The highest BCUT2D eigenvalue weighted by molar-refractivity contribution is 6.02. The summed E-state index contributed by atoms with van der Waals surface area (Å²) in [6.45, 7) is 4.39. The maximum absolute atomic E-state index is 12.6. The van der Waals surface area contributed by atoms with Gasteiger partial charge in [-0.3, -0.25) is 9.59 Å². The van der Waals surface area contributed by atoms with Crippen LogP contribution < -0.4 is 4.74 Å². The normalized spacial score (nSPS) is 22.2. The van der Waals surface area contributed by atoms with Crippen molar-refractivity contribution in [2.24, 2.45) is 0 Å². The molecule has 1 aromatic carbocycles. The molecule has 1 amide bonds. The van der Waals surface area contributed by atoms with Crippen LogP contribution in [-0.2, 0) is 11.3 Å². The van der Waals surface area contributed by atoms with Crippen LogP contribution in [0.1, 0.15) is 41.6 Å². The van der Waals surface area contributed by atoms with Crippen molar-refractivity contribution in [2.75, 3.05) is 7.11 Å². The Kier molecular flexibility index (Phi) is 3.53. The Labute approximate surface area is 124 Å². The Morgan fingerprint density at radius 1 is 1.33 bits per heavy atom. The third kappa shape index (κ3) is 2.35. The fourth-order valence-electron chi connectivity index (χ4n) is 3.26. The number of ether oxygens (including phenoxy) is 1. The highest BCUT2D eigenvalue weighted by Crippen LogP contribution is 2.34. The van der Waals surface area contributed by atoms with Crippen LogP contribution >= 0.6 is 0 Å². The van der Waals surface area contributed by atoms with E-state index in [1.165, 1.54) is 0 Å². The highest BCUT2D eigenvalue weighted by atomic mass is 16.5. The molecule has 1 fully saturated rings. The van der Waals surface area contributed by atoms with Crippen LogP contribution in [0.25, 0.3) is 0 Å². The summed E-state index contributed by atoms with van der Waals surface area (Å²) in [6.07, 6.45) is 2.90. The molecule has 1 heterocycles. The van der Waals surface area contributed by atoms with E-state index in [9.17, 15) is 9.59 Å². The first-order chi connectivity index (χ1) is 10.1. The monoisotopic (exact) mass is 285 g/mol. The molecule has 4 nitrogen and oxygen atoms in total. The first-order valence-corrected chi connectivity index (χ1v) is 7.28. The van der Waals surface area contributed by atoms with Gasteiger partial charge >= 0.3 is 0 Å². The second-order valence-electron chi connectivity index (χ2n) is 5.72. The molecule has 0 N–H and O–H groups in total. The number of Topliss-reactive ketones (excluding diaryl/α,β-unsaturated/α-hetero) is 1. The molecule has 1 atom stereocenters. The molecule has 2 aliphatic rings. The van der Waals surface area contributed by atoms with Crippen molar-refractivity contribution in [3.05, 3.63) is 41.5 Å². The van der Waals surface area contributed by atoms with E-state index in [0.717, 1.165) is 30.4 Å². The number of hydrogen-bond acceptors (Lipinski definition) is 3. The lowest BCUT2D eigenvalue weighted by Crippen LogP contribution is -2.40. The minimum atomic E-state index is -0.325. The summed E-state index contributed by atoms with van der Waals surface area (Å²) in [6, 6.07) is 5.15. The highest BCUT2D eigenvalue weighted by Gasteiger charge is 2.38. The van der Waals surface area contributed by atoms with Gasteiger partial charge in [-0.25, -0.2) is 0 Å². The fourth-order valence-corrected chi connectivity index (χ4v) is 3.26. The van der Waals surface area contributed by atoms with Crippen molar-refractivity contribution in [3.8, 4) is 5.75 Å². The molecule has 0 radical (unpaired) electrons. The average molecular weight is 285 g/mol. The van der Waals surface area contributed by atoms with Crippen molar-refractivity contribution < 1.29 is 14.3 Å². The lowest BCUT2D eigenvalue weighted by molar-refractivity contribution is -0.122. The number of amides is 1. The number of carbonyl (C=O) groups excluding carboxylic acids is 2. The summed E-state index contributed by atoms with van der Waals surface area (Å²) in [4.78, 5) is 26.7. The second kappa shape index (κ2) is 5.35. The third-order valence-electron chi connectivity index (χ3n) is 4.35. The number of nitrogens with zero attached hydrogens (tertiary/aromatic N) is 1.